The van der Waals surface area contributed by atoms with Crippen LogP contribution in [0.25, 0.3) is 0 Å². The Kier molecular flexibility index (Phi) is 4.74. The lowest BCUT2D eigenvalue weighted by Gasteiger charge is -2.14. The Morgan fingerprint density at radius 3 is 2.05 bits per heavy atom. The molecule has 0 aliphatic carbocycles. The van der Waals surface area contributed by atoms with E-state index in [1.807, 2.05) is 0 Å². The molecule has 1 amide bonds. The van der Waals surface area contributed by atoms with Gasteiger partial charge in [-0.25, -0.2) is 0 Å². The number of hydrogen-bond donors (Lipinski definition) is 2. The van der Waals surface area contributed by atoms with E-state index in [4.69, 9.17) is 14.6 Å². The molecule has 0 fully saturated rings. The first-order chi connectivity index (χ1) is 8.90. The molecule has 0 saturated heterocycles. The standard InChI is InChI=1S/C13H17NO5/c1-7-10(18-3)5-9(6-11(7)19-4)12(15)14-8(2)13(16)17/h5-6,8H,1-4H3,(H,14,15)(H,16,17). The van der Waals surface area contributed by atoms with Gasteiger partial charge in [0.25, 0.3) is 5.91 Å². The highest BCUT2D eigenvalue weighted by Gasteiger charge is 2.18. The number of methoxy groups -OCH3 is 2. The van der Waals surface area contributed by atoms with E-state index < -0.39 is 17.9 Å². The van der Waals surface area contributed by atoms with Crippen molar-refractivity contribution in [1.29, 1.82) is 0 Å². The number of nitrogens with one attached hydrogen (secondary N) is 1. The molecule has 1 unspecified atom stereocenters. The molecule has 1 aromatic carbocycles. The van der Waals surface area contributed by atoms with Crippen LogP contribution in [0.4, 0.5) is 0 Å². The van der Waals surface area contributed by atoms with Gasteiger partial charge < -0.3 is 19.9 Å². The summed E-state index contributed by atoms with van der Waals surface area (Å²) in [5.41, 5.74) is 1.06. The predicted molar refractivity (Wildman–Crippen MR) is 68.8 cm³/mol. The number of carbonyl (C=O) groups excluding carboxylic acids is 1. The van der Waals surface area contributed by atoms with Crippen molar-refractivity contribution in [2.75, 3.05) is 14.2 Å². The molecule has 6 nitrogen and oxygen atoms in total. The van der Waals surface area contributed by atoms with Gasteiger partial charge in [-0.3, -0.25) is 9.59 Å². The van der Waals surface area contributed by atoms with E-state index in [0.29, 0.717) is 11.5 Å². The van der Waals surface area contributed by atoms with Crippen molar-refractivity contribution in [1.82, 2.24) is 5.32 Å². The SMILES string of the molecule is COc1cc(C(=O)NC(C)C(=O)O)cc(OC)c1C. The minimum absolute atomic E-state index is 0.285. The zero-order valence-electron chi connectivity index (χ0n) is 11.3. The van der Waals surface area contributed by atoms with Crippen molar-refractivity contribution < 1.29 is 24.2 Å². The molecule has 0 aromatic heterocycles. The highest BCUT2D eigenvalue weighted by atomic mass is 16.5. The molecule has 1 aromatic rings. The summed E-state index contributed by atoms with van der Waals surface area (Å²) >= 11 is 0. The van der Waals surface area contributed by atoms with Gasteiger partial charge in [0.05, 0.1) is 14.2 Å². The first-order valence-corrected chi connectivity index (χ1v) is 5.67. The molecule has 104 valence electrons. The number of carbonyl (C=O) groups is 2. The maximum Gasteiger partial charge on any atom is 0.325 e. The molecule has 1 rings (SSSR count). The van der Waals surface area contributed by atoms with Gasteiger partial charge in [-0.15, -0.1) is 0 Å². The average molecular weight is 267 g/mol. The van der Waals surface area contributed by atoms with Crippen molar-refractivity contribution in [2.45, 2.75) is 19.9 Å². The van der Waals surface area contributed by atoms with Crippen LogP contribution in [0.1, 0.15) is 22.8 Å². The zero-order valence-corrected chi connectivity index (χ0v) is 11.3. The Bertz CT molecular complexity index is 473. The topological polar surface area (TPSA) is 84.9 Å². The largest absolute Gasteiger partial charge is 0.496 e. The Labute approximate surface area is 111 Å². The third-order valence-electron chi connectivity index (χ3n) is 2.73. The van der Waals surface area contributed by atoms with Crippen LogP contribution in [0, 0.1) is 6.92 Å². The second-order valence-corrected chi connectivity index (χ2v) is 4.04. The number of hydrogen-bond acceptors (Lipinski definition) is 4. The van der Waals surface area contributed by atoms with Gasteiger partial charge in [0.15, 0.2) is 0 Å². The molecular formula is C13H17NO5. The van der Waals surface area contributed by atoms with Crippen LogP contribution in [-0.2, 0) is 4.79 Å². The van der Waals surface area contributed by atoms with Gasteiger partial charge in [-0.2, -0.15) is 0 Å². The van der Waals surface area contributed by atoms with Crippen LogP contribution >= 0.6 is 0 Å². The molecule has 1 atom stereocenters. The third kappa shape index (κ3) is 3.37. The zero-order chi connectivity index (χ0) is 14.6. The molecule has 6 heteroatoms. The highest BCUT2D eigenvalue weighted by molar-refractivity contribution is 5.97. The number of carboxylic acid groups (broad SMARTS) is 1. The molecular weight excluding hydrogens is 250 g/mol. The molecule has 0 radical (unpaired) electrons. The Hall–Kier alpha value is -2.24. The lowest BCUT2D eigenvalue weighted by atomic mass is 10.1. The fourth-order valence-corrected chi connectivity index (χ4v) is 1.56. The van der Waals surface area contributed by atoms with E-state index in [1.165, 1.54) is 21.1 Å². The van der Waals surface area contributed by atoms with Crippen LogP contribution in [0.15, 0.2) is 12.1 Å². The number of amides is 1. The third-order valence-corrected chi connectivity index (χ3v) is 2.73. The molecule has 2 N–H and O–H groups in total. The van der Waals surface area contributed by atoms with E-state index in [1.54, 1.807) is 19.1 Å². The van der Waals surface area contributed by atoms with E-state index in [-0.39, 0.29) is 5.56 Å². The summed E-state index contributed by atoms with van der Waals surface area (Å²) in [5, 5.41) is 11.1. The molecule has 0 aliphatic rings. The van der Waals surface area contributed by atoms with Gasteiger partial charge in [0, 0.05) is 11.1 Å². The van der Waals surface area contributed by atoms with E-state index in [9.17, 15) is 9.59 Å². The first kappa shape index (κ1) is 14.8. The maximum atomic E-state index is 11.9. The number of aliphatic carboxylic acids is 1. The summed E-state index contributed by atoms with van der Waals surface area (Å²) in [7, 11) is 2.98. The highest BCUT2D eigenvalue weighted by Crippen LogP contribution is 2.29. The van der Waals surface area contributed by atoms with Gasteiger partial charge >= 0.3 is 5.97 Å². The Morgan fingerprint density at radius 1 is 1.21 bits per heavy atom. The number of benzene rings is 1. The molecule has 0 aliphatic heterocycles. The lowest BCUT2D eigenvalue weighted by molar-refractivity contribution is -0.138. The first-order valence-electron chi connectivity index (χ1n) is 5.67. The monoisotopic (exact) mass is 267 g/mol. The van der Waals surface area contributed by atoms with Crippen molar-refractivity contribution in [3.63, 3.8) is 0 Å². The summed E-state index contributed by atoms with van der Waals surface area (Å²) in [6.07, 6.45) is 0. The van der Waals surface area contributed by atoms with Gasteiger partial charge in [0.1, 0.15) is 17.5 Å². The number of ether oxygens (including phenoxy) is 2. The minimum atomic E-state index is -1.10. The quantitative estimate of drug-likeness (QED) is 0.837. The summed E-state index contributed by atoms with van der Waals surface area (Å²) in [6, 6.07) is 2.12. The fourth-order valence-electron chi connectivity index (χ4n) is 1.56. The number of rotatable bonds is 5. The second-order valence-electron chi connectivity index (χ2n) is 4.04. The summed E-state index contributed by atoms with van der Waals surface area (Å²) in [6.45, 7) is 3.20. The smallest absolute Gasteiger partial charge is 0.325 e. The summed E-state index contributed by atoms with van der Waals surface area (Å²) in [5.74, 6) is -0.578. The van der Waals surface area contributed by atoms with Crippen molar-refractivity contribution >= 4 is 11.9 Å². The van der Waals surface area contributed by atoms with E-state index >= 15 is 0 Å². The van der Waals surface area contributed by atoms with Crippen LogP contribution in [0.3, 0.4) is 0 Å². The van der Waals surface area contributed by atoms with Gasteiger partial charge in [0.2, 0.25) is 0 Å². The van der Waals surface area contributed by atoms with Crippen LogP contribution in [0.5, 0.6) is 11.5 Å². The normalized spacial score (nSPS) is 11.6. The van der Waals surface area contributed by atoms with Crippen molar-refractivity contribution in [3.05, 3.63) is 23.3 Å². The maximum absolute atomic E-state index is 11.9. The van der Waals surface area contributed by atoms with Crippen LogP contribution < -0.4 is 14.8 Å². The van der Waals surface area contributed by atoms with Crippen LogP contribution in [-0.4, -0.2) is 37.2 Å². The molecule has 0 bridgehead atoms. The second kappa shape index (κ2) is 6.08. The van der Waals surface area contributed by atoms with Gasteiger partial charge in [-0.05, 0) is 26.0 Å². The molecule has 19 heavy (non-hydrogen) atoms. The van der Waals surface area contributed by atoms with Crippen molar-refractivity contribution in [3.8, 4) is 11.5 Å². The fraction of sp³-hybridized carbons (Fsp3) is 0.385. The number of carboxylic acids is 1. The van der Waals surface area contributed by atoms with E-state index in [2.05, 4.69) is 5.32 Å². The predicted octanol–water partition coefficient (Wildman–Crippen LogP) is 1.22. The van der Waals surface area contributed by atoms with E-state index in [0.717, 1.165) is 5.56 Å². The summed E-state index contributed by atoms with van der Waals surface area (Å²) < 4.78 is 10.3. The Morgan fingerprint density at radius 2 is 1.68 bits per heavy atom. The molecule has 0 saturated carbocycles. The van der Waals surface area contributed by atoms with Crippen LogP contribution in [0.2, 0.25) is 0 Å². The minimum Gasteiger partial charge on any atom is -0.496 e. The Balaban J connectivity index is 3.06. The average Bonchev–Trinajstić information content (AvgIpc) is 2.38. The molecule has 0 spiro atoms. The summed E-state index contributed by atoms with van der Waals surface area (Å²) in [4.78, 5) is 22.6. The van der Waals surface area contributed by atoms with Crippen molar-refractivity contribution in [2.24, 2.45) is 0 Å². The molecule has 0 heterocycles. The van der Waals surface area contributed by atoms with Gasteiger partial charge in [-0.1, -0.05) is 0 Å². The lowest BCUT2D eigenvalue weighted by Crippen LogP contribution is -2.38.